The topological polar surface area (TPSA) is 110 Å². The van der Waals surface area contributed by atoms with E-state index < -0.39 is 17.7 Å². The summed E-state index contributed by atoms with van der Waals surface area (Å²) in [5, 5.41) is 2.93. The van der Waals surface area contributed by atoms with Gasteiger partial charge in [-0.3, -0.25) is 29.1 Å². The highest BCUT2D eigenvalue weighted by atomic mass is 16.3. The molecule has 4 rings (SSSR count). The molecule has 0 atom stereocenters. The molecule has 1 N–H and O–H groups in total. The van der Waals surface area contributed by atoms with Gasteiger partial charge in [0.25, 0.3) is 17.7 Å². The largest absolute Gasteiger partial charge is 0.451 e. The Balaban J connectivity index is 1.44. The molecular weight excluding hydrogens is 350 g/mol. The molecule has 8 heteroatoms. The highest BCUT2D eigenvalue weighted by Crippen LogP contribution is 2.19. The molecule has 0 spiro atoms. The average molecular weight is 363 g/mol. The van der Waals surface area contributed by atoms with Gasteiger partial charge in [0.2, 0.25) is 0 Å². The maximum absolute atomic E-state index is 12.3. The van der Waals surface area contributed by atoms with Crippen LogP contribution in [-0.2, 0) is 0 Å². The van der Waals surface area contributed by atoms with E-state index in [0.29, 0.717) is 11.0 Å². The van der Waals surface area contributed by atoms with Gasteiger partial charge >= 0.3 is 0 Å². The average Bonchev–Trinajstić information content (AvgIpc) is 2.93. The van der Waals surface area contributed by atoms with Crippen molar-refractivity contribution in [2.45, 2.75) is 0 Å². The minimum atomic E-state index is -0.604. The number of benzene rings is 1. The molecule has 134 valence electrons. The molecule has 3 amide bonds. The van der Waals surface area contributed by atoms with Crippen LogP contribution in [0.1, 0.15) is 31.4 Å². The van der Waals surface area contributed by atoms with Gasteiger partial charge in [-0.2, -0.15) is 0 Å². The van der Waals surface area contributed by atoms with E-state index in [4.69, 9.17) is 4.42 Å². The Morgan fingerprint density at radius 3 is 2.70 bits per heavy atom. The molecule has 3 aromatic rings. The van der Waals surface area contributed by atoms with Gasteiger partial charge in [0.05, 0.1) is 10.9 Å². The first-order chi connectivity index (χ1) is 13.1. The van der Waals surface area contributed by atoms with Crippen LogP contribution in [-0.4, -0.2) is 40.7 Å². The van der Waals surface area contributed by atoms with Crippen molar-refractivity contribution in [3.05, 3.63) is 75.9 Å². The van der Waals surface area contributed by atoms with E-state index in [9.17, 15) is 19.2 Å². The highest BCUT2D eigenvalue weighted by Gasteiger charge is 2.36. The molecule has 0 radical (unpaired) electrons. The van der Waals surface area contributed by atoms with E-state index in [1.807, 2.05) is 0 Å². The number of fused-ring (bicyclic) bond motifs is 2. The van der Waals surface area contributed by atoms with Crippen LogP contribution in [0.2, 0.25) is 0 Å². The van der Waals surface area contributed by atoms with Crippen molar-refractivity contribution in [2.75, 3.05) is 13.1 Å². The van der Waals surface area contributed by atoms with Gasteiger partial charge in [0.1, 0.15) is 11.3 Å². The number of nitrogens with zero attached hydrogens (tertiary/aromatic N) is 2. The molecule has 0 aliphatic carbocycles. The molecule has 8 nitrogen and oxygen atoms in total. The summed E-state index contributed by atoms with van der Waals surface area (Å²) in [4.78, 5) is 53.7. The van der Waals surface area contributed by atoms with E-state index in [1.165, 1.54) is 12.3 Å². The van der Waals surface area contributed by atoms with Gasteiger partial charge in [0.15, 0.2) is 11.2 Å². The van der Waals surface area contributed by atoms with Crippen LogP contribution in [0.15, 0.2) is 57.9 Å². The van der Waals surface area contributed by atoms with Gasteiger partial charge in [-0.15, -0.1) is 0 Å². The fraction of sp³-hybridized carbons (Fsp3) is 0.105. The zero-order chi connectivity index (χ0) is 19.0. The maximum Gasteiger partial charge on any atom is 0.287 e. The minimum absolute atomic E-state index is 0.0147. The first kappa shape index (κ1) is 16.6. The van der Waals surface area contributed by atoms with Gasteiger partial charge < -0.3 is 9.73 Å². The molecule has 0 saturated heterocycles. The highest BCUT2D eigenvalue weighted by molar-refractivity contribution is 6.20. The first-order valence-electron chi connectivity index (χ1n) is 8.18. The van der Waals surface area contributed by atoms with Crippen LogP contribution in [0.5, 0.6) is 0 Å². The van der Waals surface area contributed by atoms with E-state index in [0.717, 1.165) is 11.0 Å². The summed E-state index contributed by atoms with van der Waals surface area (Å²) in [5.41, 5.74) is 0.332. The Bertz CT molecular complexity index is 1120. The first-order valence-corrected chi connectivity index (χ1v) is 8.18. The smallest absolute Gasteiger partial charge is 0.287 e. The fourth-order valence-electron chi connectivity index (χ4n) is 2.90. The molecule has 27 heavy (non-hydrogen) atoms. The van der Waals surface area contributed by atoms with Crippen molar-refractivity contribution in [2.24, 2.45) is 0 Å². The van der Waals surface area contributed by atoms with E-state index in [1.54, 1.807) is 30.3 Å². The van der Waals surface area contributed by atoms with Gasteiger partial charge in [-0.1, -0.05) is 12.1 Å². The number of hydrogen-bond donors (Lipinski definition) is 1. The van der Waals surface area contributed by atoms with Crippen molar-refractivity contribution in [1.29, 1.82) is 0 Å². The Hall–Kier alpha value is -3.81. The predicted molar refractivity (Wildman–Crippen MR) is 94.4 cm³/mol. The number of carbonyl (C=O) groups is 3. The van der Waals surface area contributed by atoms with Crippen LogP contribution < -0.4 is 10.7 Å². The van der Waals surface area contributed by atoms with Crippen LogP contribution in [0.4, 0.5) is 0 Å². The standard InChI is InChI=1S/C19H13N3O5/c23-13-10-15(27-14-6-2-1-4-11(13)14)17(24)21-8-9-22-18(25)12-5-3-7-20-16(12)19(22)26/h1-7,10H,8-9H2,(H,21,24). The lowest BCUT2D eigenvalue weighted by molar-refractivity contribution is 0.0647. The molecule has 0 bridgehead atoms. The van der Waals surface area contributed by atoms with Gasteiger partial charge in [-0.05, 0) is 24.3 Å². The summed E-state index contributed by atoms with van der Waals surface area (Å²) in [6.45, 7) is -0.00157. The number of hydrogen-bond acceptors (Lipinski definition) is 6. The summed E-state index contributed by atoms with van der Waals surface area (Å²) in [6.07, 6.45) is 1.44. The van der Waals surface area contributed by atoms with Crippen molar-refractivity contribution in [3.8, 4) is 0 Å². The third-order valence-corrected chi connectivity index (χ3v) is 4.21. The second-order valence-corrected chi connectivity index (χ2v) is 5.89. The third kappa shape index (κ3) is 2.86. The van der Waals surface area contributed by atoms with Gasteiger partial charge in [0, 0.05) is 25.4 Å². The summed E-state index contributed by atoms with van der Waals surface area (Å²) >= 11 is 0. The van der Waals surface area contributed by atoms with Crippen molar-refractivity contribution >= 4 is 28.7 Å². The number of aromatic nitrogens is 1. The minimum Gasteiger partial charge on any atom is -0.451 e. The van der Waals surface area contributed by atoms with Crippen LogP contribution in [0, 0.1) is 0 Å². The second kappa shape index (κ2) is 6.49. The monoisotopic (exact) mass is 363 g/mol. The molecule has 1 aromatic carbocycles. The molecule has 3 heterocycles. The summed E-state index contributed by atoms with van der Waals surface area (Å²) in [5.74, 6) is -1.69. The molecular formula is C19H13N3O5. The third-order valence-electron chi connectivity index (χ3n) is 4.21. The lowest BCUT2D eigenvalue weighted by Gasteiger charge is -2.13. The number of para-hydroxylation sites is 1. The predicted octanol–water partition coefficient (Wildman–Crippen LogP) is 1.21. The van der Waals surface area contributed by atoms with E-state index in [2.05, 4.69) is 10.3 Å². The van der Waals surface area contributed by atoms with Crippen LogP contribution in [0.25, 0.3) is 11.0 Å². The molecule has 0 saturated carbocycles. The molecule has 1 aliphatic heterocycles. The number of pyridine rings is 1. The zero-order valence-corrected chi connectivity index (χ0v) is 14.0. The van der Waals surface area contributed by atoms with E-state index >= 15 is 0 Å². The molecule has 0 unspecified atom stereocenters. The Labute approximate surface area is 152 Å². The summed E-state index contributed by atoms with van der Waals surface area (Å²) in [7, 11) is 0. The number of rotatable bonds is 4. The van der Waals surface area contributed by atoms with Crippen molar-refractivity contribution in [1.82, 2.24) is 15.2 Å². The number of amides is 3. The fourth-order valence-corrected chi connectivity index (χ4v) is 2.90. The van der Waals surface area contributed by atoms with Crippen LogP contribution in [0.3, 0.4) is 0 Å². The number of carbonyl (C=O) groups excluding carboxylic acids is 3. The summed E-state index contributed by atoms with van der Waals surface area (Å²) < 4.78 is 5.45. The van der Waals surface area contributed by atoms with Crippen molar-refractivity contribution in [3.63, 3.8) is 0 Å². The maximum atomic E-state index is 12.3. The van der Waals surface area contributed by atoms with E-state index in [-0.39, 0.29) is 35.5 Å². The Kier molecular flexibility index (Phi) is 4.00. The Morgan fingerprint density at radius 2 is 1.89 bits per heavy atom. The lowest BCUT2D eigenvalue weighted by Crippen LogP contribution is -2.38. The summed E-state index contributed by atoms with van der Waals surface area (Å²) in [6, 6.07) is 10.8. The second-order valence-electron chi connectivity index (χ2n) is 5.89. The van der Waals surface area contributed by atoms with Crippen molar-refractivity contribution < 1.29 is 18.8 Å². The van der Waals surface area contributed by atoms with Crippen LogP contribution >= 0.6 is 0 Å². The lowest BCUT2D eigenvalue weighted by atomic mass is 10.2. The van der Waals surface area contributed by atoms with Gasteiger partial charge in [-0.25, -0.2) is 0 Å². The molecule has 2 aromatic heterocycles. The Morgan fingerprint density at radius 1 is 1.07 bits per heavy atom. The number of imide groups is 1. The zero-order valence-electron chi connectivity index (χ0n) is 14.0. The molecule has 1 aliphatic rings. The molecule has 0 fully saturated rings. The quantitative estimate of drug-likeness (QED) is 0.698. The SMILES string of the molecule is O=C(NCCN1C(=O)c2cccnc2C1=O)c1cc(=O)c2ccccc2o1. The number of nitrogens with one attached hydrogen (secondary N) is 1. The normalized spacial score (nSPS) is 13.1.